The first kappa shape index (κ1) is 9.00. The van der Waals surface area contributed by atoms with Gasteiger partial charge in [-0.2, -0.15) is 0 Å². The molecule has 2 nitrogen and oxygen atoms in total. The first-order valence-electron chi connectivity index (χ1n) is 4.66. The fraction of sp³-hybridized carbons (Fsp3) is 0.250. The number of benzene rings is 1. The standard InChI is InChI=1S/C12H13NO/c1-8-4-5-11-10(6-8)9(2)12(7-14)13(11)3/h4-7H,1-3H3. The first-order chi connectivity index (χ1) is 6.65. The predicted octanol–water partition coefficient (Wildman–Crippen LogP) is 2.61. The largest absolute Gasteiger partial charge is 0.341 e. The predicted molar refractivity (Wildman–Crippen MR) is 57.8 cm³/mol. The van der Waals surface area contributed by atoms with Gasteiger partial charge in [0, 0.05) is 18.0 Å². The van der Waals surface area contributed by atoms with Gasteiger partial charge in [-0.1, -0.05) is 11.6 Å². The molecule has 1 aromatic heterocycles. The quantitative estimate of drug-likeness (QED) is 0.629. The molecule has 0 radical (unpaired) electrons. The fourth-order valence-electron chi connectivity index (χ4n) is 1.93. The van der Waals surface area contributed by atoms with Gasteiger partial charge >= 0.3 is 0 Å². The molecule has 0 N–H and O–H groups in total. The molecule has 0 aliphatic carbocycles. The lowest BCUT2D eigenvalue weighted by atomic mass is 10.1. The molecule has 0 bridgehead atoms. The van der Waals surface area contributed by atoms with Crippen molar-refractivity contribution in [3.8, 4) is 0 Å². The number of nitrogens with zero attached hydrogens (tertiary/aromatic N) is 1. The van der Waals surface area contributed by atoms with E-state index in [2.05, 4.69) is 25.1 Å². The van der Waals surface area contributed by atoms with Crippen molar-refractivity contribution in [3.05, 3.63) is 35.0 Å². The molecule has 14 heavy (non-hydrogen) atoms. The monoisotopic (exact) mass is 187 g/mol. The van der Waals surface area contributed by atoms with Crippen molar-refractivity contribution in [2.75, 3.05) is 0 Å². The van der Waals surface area contributed by atoms with E-state index in [1.807, 2.05) is 18.5 Å². The van der Waals surface area contributed by atoms with Crippen molar-refractivity contribution in [1.29, 1.82) is 0 Å². The summed E-state index contributed by atoms with van der Waals surface area (Å²) in [7, 11) is 1.92. The van der Waals surface area contributed by atoms with E-state index in [4.69, 9.17) is 0 Å². The van der Waals surface area contributed by atoms with Gasteiger partial charge in [-0.15, -0.1) is 0 Å². The molecule has 0 saturated heterocycles. The van der Waals surface area contributed by atoms with Gasteiger partial charge in [-0.3, -0.25) is 4.79 Å². The van der Waals surface area contributed by atoms with E-state index in [9.17, 15) is 4.79 Å². The van der Waals surface area contributed by atoms with E-state index in [0.717, 1.165) is 23.1 Å². The van der Waals surface area contributed by atoms with E-state index in [1.54, 1.807) is 0 Å². The fourth-order valence-corrected chi connectivity index (χ4v) is 1.93. The maximum atomic E-state index is 10.9. The summed E-state index contributed by atoms with van der Waals surface area (Å²) in [6.45, 7) is 4.05. The van der Waals surface area contributed by atoms with E-state index in [-0.39, 0.29) is 0 Å². The average molecular weight is 187 g/mol. The minimum atomic E-state index is 0.769. The van der Waals surface area contributed by atoms with Crippen molar-refractivity contribution >= 4 is 17.2 Å². The van der Waals surface area contributed by atoms with Crippen LogP contribution in [0.1, 0.15) is 21.6 Å². The van der Waals surface area contributed by atoms with Gasteiger partial charge in [0.2, 0.25) is 0 Å². The molecule has 0 fully saturated rings. The Hall–Kier alpha value is -1.57. The highest BCUT2D eigenvalue weighted by Crippen LogP contribution is 2.24. The Balaban J connectivity index is 2.94. The number of carbonyl (C=O) groups is 1. The lowest BCUT2D eigenvalue weighted by Crippen LogP contribution is -1.94. The molecular weight excluding hydrogens is 174 g/mol. The molecule has 0 unspecified atom stereocenters. The summed E-state index contributed by atoms with van der Waals surface area (Å²) in [5.41, 5.74) is 4.19. The normalized spacial score (nSPS) is 10.8. The number of aryl methyl sites for hydroxylation is 3. The number of hydrogen-bond acceptors (Lipinski definition) is 1. The highest BCUT2D eigenvalue weighted by molar-refractivity contribution is 5.93. The Morgan fingerprint density at radius 3 is 2.64 bits per heavy atom. The van der Waals surface area contributed by atoms with Crippen LogP contribution in [0.25, 0.3) is 10.9 Å². The van der Waals surface area contributed by atoms with E-state index in [0.29, 0.717) is 0 Å². The summed E-state index contributed by atoms with van der Waals surface area (Å²) < 4.78 is 1.94. The molecule has 72 valence electrons. The molecule has 0 spiro atoms. The maximum Gasteiger partial charge on any atom is 0.166 e. The zero-order valence-corrected chi connectivity index (χ0v) is 8.66. The lowest BCUT2D eigenvalue weighted by molar-refractivity contribution is 0.111. The summed E-state index contributed by atoms with van der Waals surface area (Å²) in [5.74, 6) is 0. The highest BCUT2D eigenvalue weighted by atomic mass is 16.1. The van der Waals surface area contributed by atoms with Crippen LogP contribution in [0.15, 0.2) is 18.2 Å². The third kappa shape index (κ3) is 1.07. The molecule has 2 rings (SSSR count). The Bertz CT molecular complexity index is 509. The Morgan fingerprint density at radius 1 is 1.29 bits per heavy atom. The minimum absolute atomic E-state index is 0.769. The number of aldehydes is 1. The van der Waals surface area contributed by atoms with Gasteiger partial charge in [-0.25, -0.2) is 0 Å². The smallest absolute Gasteiger partial charge is 0.166 e. The third-order valence-electron chi connectivity index (χ3n) is 2.77. The zero-order chi connectivity index (χ0) is 10.3. The second-order valence-electron chi connectivity index (χ2n) is 3.71. The molecule has 0 saturated carbocycles. The Kier molecular flexibility index (Phi) is 1.92. The van der Waals surface area contributed by atoms with Gasteiger partial charge in [0.15, 0.2) is 6.29 Å². The van der Waals surface area contributed by atoms with Crippen LogP contribution < -0.4 is 0 Å². The van der Waals surface area contributed by atoms with Crippen LogP contribution in [0, 0.1) is 13.8 Å². The van der Waals surface area contributed by atoms with E-state index in [1.165, 1.54) is 10.9 Å². The van der Waals surface area contributed by atoms with Gasteiger partial charge < -0.3 is 4.57 Å². The Labute approximate surface area is 83.2 Å². The van der Waals surface area contributed by atoms with Gasteiger partial charge in [0.05, 0.1) is 5.69 Å². The van der Waals surface area contributed by atoms with Gasteiger partial charge in [0.25, 0.3) is 0 Å². The summed E-state index contributed by atoms with van der Waals surface area (Å²) in [6, 6.07) is 6.25. The number of hydrogen-bond donors (Lipinski definition) is 0. The first-order valence-corrected chi connectivity index (χ1v) is 4.66. The number of rotatable bonds is 1. The zero-order valence-electron chi connectivity index (χ0n) is 8.66. The molecule has 0 aliphatic heterocycles. The van der Waals surface area contributed by atoms with Gasteiger partial charge in [-0.05, 0) is 31.5 Å². The average Bonchev–Trinajstić information content (AvgIpc) is 2.39. The molecule has 2 heteroatoms. The van der Waals surface area contributed by atoms with Crippen LogP contribution in [-0.2, 0) is 7.05 Å². The summed E-state index contributed by atoms with van der Waals surface area (Å²) in [4.78, 5) is 10.9. The van der Waals surface area contributed by atoms with Crippen LogP contribution in [0.5, 0.6) is 0 Å². The summed E-state index contributed by atoms with van der Waals surface area (Å²) in [5, 5.41) is 1.18. The molecule has 1 heterocycles. The molecule has 1 aromatic carbocycles. The van der Waals surface area contributed by atoms with E-state index >= 15 is 0 Å². The summed E-state index contributed by atoms with van der Waals surface area (Å²) in [6.07, 6.45) is 0.921. The van der Waals surface area contributed by atoms with Crippen molar-refractivity contribution in [2.24, 2.45) is 7.05 Å². The third-order valence-corrected chi connectivity index (χ3v) is 2.77. The Morgan fingerprint density at radius 2 is 2.00 bits per heavy atom. The second-order valence-corrected chi connectivity index (χ2v) is 3.71. The number of aromatic nitrogens is 1. The van der Waals surface area contributed by atoms with Crippen LogP contribution in [-0.4, -0.2) is 10.9 Å². The van der Waals surface area contributed by atoms with Gasteiger partial charge in [0.1, 0.15) is 0 Å². The summed E-state index contributed by atoms with van der Waals surface area (Å²) >= 11 is 0. The van der Waals surface area contributed by atoms with Crippen LogP contribution >= 0.6 is 0 Å². The molecule has 2 aromatic rings. The second kappa shape index (κ2) is 2.98. The van der Waals surface area contributed by atoms with E-state index < -0.39 is 0 Å². The minimum Gasteiger partial charge on any atom is -0.341 e. The SMILES string of the molecule is Cc1ccc2c(c1)c(C)c(C=O)n2C. The van der Waals surface area contributed by atoms with Crippen LogP contribution in [0.4, 0.5) is 0 Å². The van der Waals surface area contributed by atoms with Crippen LogP contribution in [0.3, 0.4) is 0 Å². The molecule has 0 aliphatic rings. The van der Waals surface area contributed by atoms with Crippen molar-refractivity contribution in [1.82, 2.24) is 4.57 Å². The lowest BCUT2D eigenvalue weighted by Gasteiger charge is -1.97. The topological polar surface area (TPSA) is 22.0 Å². The number of fused-ring (bicyclic) bond motifs is 1. The molecule has 0 atom stereocenters. The molecular formula is C12H13NO. The molecule has 0 amide bonds. The van der Waals surface area contributed by atoms with Crippen molar-refractivity contribution in [3.63, 3.8) is 0 Å². The van der Waals surface area contributed by atoms with Crippen molar-refractivity contribution < 1.29 is 4.79 Å². The maximum absolute atomic E-state index is 10.9. The number of carbonyl (C=O) groups excluding carboxylic acids is 1. The highest BCUT2D eigenvalue weighted by Gasteiger charge is 2.09. The van der Waals surface area contributed by atoms with Crippen LogP contribution in [0.2, 0.25) is 0 Å². The van der Waals surface area contributed by atoms with Crippen molar-refractivity contribution in [2.45, 2.75) is 13.8 Å².